The van der Waals surface area contributed by atoms with Gasteiger partial charge < -0.3 is 23.8 Å². The number of nitrogens with one attached hydrogen (secondary N) is 3. The SMILES string of the molecule is CCOC(=O)c1ncc2[nH]c3ccc(-c4cn[nH]c4)cc3c2c1COCn1c2ccc(-c3cn[nH]c3)cc2c2c(COC)c(C#N)ncc21. The third-order valence-electron chi connectivity index (χ3n) is 8.74. The van der Waals surface area contributed by atoms with Crippen LogP contribution in [-0.4, -0.2) is 59.6 Å². The Morgan fingerprint density at radius 1 is 0.837 bits per heavy atom. The molecule has 13 heteroatoms. The number of carbonyl (C=O) groups excluding carboxylic acids is 1. The van der Waals surface area contributed by atoms with Crippen LogP contribution in [0.2, 0.25) is 0 Å². The van der Waals surface area contributed by atoms with E-state index in [0.717, 1.165) is 65.9 Å². The molecule has 0 atom stereocenters. The van der Waals surface area contributed by atoms with E-state index in [2.05, 4.69) is 53.5 Å². The predicted molar refractivity (Wildman–Crippen MR) is 182 cm³/mol. The van der Waals surface area contributed by atoms with Gasteiger partial charge >= 0.3 is 5.97 Å². The van der Waals surface area contributed by atoms with Crippen LogP contribution >= 0.6 is 0 Å². The van der Waals surface area contributed by atoms with E-state index in [1.165, 1.54) is 0 Å². The van der Waals surface area contributed by atoms with Crippen molar-refractivity contribution in [2.75, 3.05) is 13.7 Å². The molecule has 0 radical (unpaired) electrons. The van der Waals surface area contributed by atoms with Gasteiger partial charge in [0.25, 0.3) is 0 Å². The lowest BCUT2D eigenvalue weighted by molar-refractivity contribution is 0.0495. The van der Waals surface area contributed by atoms with E-state index in [4.69, 9.17) is 14.2 Å². The van der Waals surface area contributed by atoms with Gasteiger partial charge in [0.05, 0.1) is 61.2 Å². The Bertz CT molecular complexity index is 2540. The highest BCUT2D eigenvalue weighted by Gasteiger charge is 2.23. The van der Waals surface area contributed by atoms with Crippen LogP contribution in [0.4, 0.5) is 0 Å². The van der Waals surface area contributed by atoms with Crippen LogP contribution in [0.15, 0.2) is 73.6 Å². The van der Waals surface area contributed by atoms with Gasteiger partial charge in [-0.2, -0.15) is 15.5 Å². The Kier molecular flexibility index (Phi) is 7.56. The Hall–Kier alpha value is -6.36. The number of fused-ring (bicyclic) bond motifs is 6. The lowest BCUT2D eigenvalue weighted by Gasteiger charge is -2.13. The number of esters is 1. The normalized spacial score (nSPS) is 11.6. The van der Waals surface area contributed by atoms with Crippen molar-refractivity contribution in [1.82, 2.24) is 39.9 Å². The molecule has 0 saturated heterocycles. The Labute approximate surface area is 278 Å². The molecule has 242 valence electrons. The van der Waals surface area contributed by atoms with Crippen LogP contribution in [0.3, 0.4) is 0 Å². The number of methoxy groups -OCH3 is 1. The summed E-state index contributed by atoms with van der Waals surface area (Å²) >= 11 is 0. The molecule has 0 aliphatic rings. The number of nitrogens with zero attached hydrogens (tertiary/aromatic N) is 6. The van der Waals surface area contributed by atoms with Gasteiger partial charge in [0.1, 0.15) is 18.5 Å². The van der Waals surface area contributed by atoms with E-state index < -0.39 is 5.97 Å². The first kappa shape index (κ1) is 30.0. The highest BCUT2D eigenvalue weighted by atomic mass is 16.5. The van der Waals surface area contributed by atoms with Crippen molar-refractivity contribution in [2.24, 2.45) is 0 Å². The van der Waals surface area contributed by atoms with E-state index in [1.54, 1.807) is 38.8 Å². The van der Waals surface area contributed by atoms with Gasteiger partial charge in [0.2, 0.25) is 0 Å². The molecule has 0 unspecified atom stereocenters. The molecule has 0 amide bonds. The maximum atomic E-state index is 13.2. The van der Waals surface area contributed by atoms with Crippen LogP contribution in [0.1, 0.15) is 34.2 Å². The van der Waals surface area contributed by atoms with Crippen molar-refractivity contribution in [3.63, 3.8) is 0 Å². The lowest BCUT2D eigenvalue weighted by Crippen LogP contribution is -2.12. The molecule has 0 aliphatic carbocycles. The molecule has 0 bridgehead atoms. The highest BCUT2D eigenvalue weighted by Crippen LogP contribution is 2.37. The fourth-order valence-corrected chi connectivity index (χ4v) is 6.56. The monoisotopic (exact) mass is 651 g/mol. The number of H-pyrrole nitrogens is 3. The molecule has 8 rings (SSSR count). The largest absolute Gasteiger partial charge is 0.461 e. The predicted octanol–water partition coefficient (Wildman–Crippen LogP) is 6.37. The summed E-state index contributed by atoms with van der Waals surface area (Å²) < 4.78 is 19.4. The van der Waals surface area contributed by atoms with Gasteiger partial charge in [0, 0.05) is 68.8 Å². The van der Waals surface area contributed by atoms with Gasteiger partial charge in [0.15, 0.2) is 5.69 Å². The minimum Gasteiger partial charge on any atom is -0.461 e. The van der Waals surface area contributed by atoms with Crippen LogP contribution in [0.5, 0.6) is 0 Å². The molecule has 0 spiro atoms. The maximum absolute atomic E-state index is 13.2. The van der Waals surface area contributed by atoms with Gasteiger partial charge in [-0.3, -0.25) is 10.2 Å². The zero-order valence-corrected chi connectivity index (χ0v) is 26.6. The first-order valence-electron chi connectivity index (χ1n) is 15.6. The summed E-state index contributed by atoms with van der Waals surface area (Å²) in [5.41, 5.74) is 8.94. The van der Waals surface area contributed by atoms with Crippen LogP contribution in [-0.2, 0) is 34.2 Å². The van der Waals surface area contributed by atoms with E-state index in [9.17, 15) is 10.1 Å². The Morgan fingerprint density at radius 2 is 1.59 bits per heavy atom. The van der Waals surface area contributed by atoms with Crippen LogP contribution < -0.4 is 0 Å². The summed E-state index contributed by atoms with van der Waals surface area (Å²) in [6.45, 7) is 2.36. The summed E-state index contributed by atoms with van der Waals surface area (Å²) in [5, 5.41) is 27.4. The number of pyridine rings is 2. The van der Waals surface area contributed by atoms with Crippen LogP contribution in [0, 0.1) is 11.3 Å². The quantitative estimate of drug-likeness (QED) is 0.142. The third-order valence-corrected chi connectivity index (χ3v) is 8.74. The molecule has 2 aromatic carbocycles. The molecule has 6 heterocycles. The molecular weight excluding hydrogens is 622 g/mol. The second kappa shape index (κ2) is 12.3. The van der Waals surface area contributed by atoms with Gasteiger partial charge in [-0.05, 0) is 42.3 Å². The fourth-order valence-electron chi connectivity index (χ4n) is 6.56. The molecule has 0 aliphatic heterocycles. The van der Waals surface area contributed by atoms with Crippen molar-refractivity contribution in [3.8, 4) is 28.3 Å². The minimum absolute atomic E-state index is 0.0598. The smallest absolute Gasteiger partial charge is 0.357 e. The molecule has 0 fully saturated rings. The zero-order chi connectivity index (χ0) is 33.5. The van der Waals surface area contributed by atoms with Gasteiger partial charge in [-0.25, -0.2) is 14.8 Å². The fraction of sp³-hybridized carbons (Fsp3) is 0.167. The zero-order valence-electron chi connectivity index (χ0n) is 26.6. The minimum atomic E-state index is -0.524. The number of hydrogen-bond acceptors (Lipinski definition) is 9. The summed E-state index contributed by atoms with van der Waals surface area (Å²) in [6, 6.07) is 14.4. The first-order chi connectivity index (χ1) is 24.1. The van der Waals surface area contributed by atoms with Crippen LogP contribution in [0.25, 0.3) is 65.9 Å². The second-order valence-corrected chi connectivity index (χ2v) is 11.5. The van der Waals surface area contributed by atoms with E-state index in [-0.39, 0.29) is 32.2 Å². The van der Waals surface area contributed by atoms with Crippen molar-refractivity contribution >= 4 is 49.6 Å². The van der Waals surface area contributed by atoms with E-state index in [1.807, 2.05) is 41.2 Å². The number of aromatic nitrogens is 8. The molecule has 13 nitrogen and oxygen atoms in total. The maximum Gasteiger partial charge on any atom is 0.357 e. The van der Waals surface area contributed by atoms with E-state index in [0.29, 0.717) is 16.8 Å². The van der Waals surface area contributed by atoms with Crippen molar-refractivity contribution in [2.45, 2.75) is 26.9 Å². The van der Waals surface area contributed by atoms with Crippen molar-refractivity contribution in [1.29, 1.82) is 5.26 Å². The number of aromatic amines is 3. The molecule has 49 heavy (non-hydrogen) atoms. The molecular formula is C36H29N9O4. The van der Waals surface area contributed by atoms with Crippen molar-refractivity contribution in [3.05, 3.63) is 96.1 Å². The standard InChI is InChI=1S/C36H29N9O4/c1-3-49-36(46)35-27(33-24-8-20(22-11-40-41-12-22)4-6-28(24)44-30(33)15-39-35)18-48-19-45-31-7-5-21(23-13-42-43-14-23)9-25(31)34-26(17-47-2)29(10-37)38-16-32(34)45/h4-9,11-16,44H,3,17-19H2,1-2H3,(H,40,41)(H,42,43). The topological polar surface area (TPSA) is 172 Å². The number of carbonyl (C=O) groups is 1. The number of benzene rings is 2. The lowest BCUT2D eigenvalue weighted by atomic mass is 10.0. The first-order valence-corrected chi connectivity index (χ1v) is 15.6. The summed E-state index contributed by atoms with van der Waals surface area (Å²) in [4.78, 5) is 25.7. The third kappa shape index (κ3) is 5.07. The Morgan fingerprint density at radius 3 is 2.29 bits per heavy atom. The summed E-state index contributed by atoms with van der Waals surface area (Å²) in [5.74, 6) is -0.524. The number of nitriles is 1. The average molecular weight is 652 g/mol. The Balaban J connectivity index is 1.25. The molecule has 8 aromatic rings. The van der Waals surface area contributed by atoms with E-state index >= 15 is 0 Å². The van der Waals surface area contributed by atoms with Gasteiger partial charge in [-0.1, -0.05) is 12.1 Å². The second-order valence-electron chi connectivity index (χ2n) is 11.5. The summed E-state index contributed by atoms with van der Waals surface area (Å²) in [7, 11) is 1.60. The molecule has 3 N–H and O–H groups in total. The molecule has 6 aromatic heterocycles. The summed E-state index contributed by atoms with van der Waals surface area (Å²) in [6.07, 6.45) is 10.5. The highest BCUT2D eigenvalue weighted by molar-refractivity contribution is 6.12. The molecule has 0 saturated carbocycles. The number of rotatable bonds is 10. The number of hydrogen-bond donors (Lipinski definition) is 3. The average Bonchev–Trinajstić information content (AvgIpc) is 3.95. The van der Waals surface area contributed by atoms with Gasteiger partial charge in [-0.15, -0.1) is 0 Å². The van der Waals surface area contributed by atoms with Crippen molar-refractivity contribution < 1.29 is 19.0 Å². The number of ether oxygens (including phenoxy) is 3.